The van der Waals surface area contributed by atoms with Gasteiger partial charge in [0.1, 0.15) is 18.2 Å². The molecule has 0 radical (unpaired) electrons. The zero-order valence-corrected chi connectivity index (χ0v) is 20.3. The average molecular weight is 491 g/mol. The van der Waals surface area contributed by atoms with E-state index in [9.17, 15) is 9.59 Å². The number of likely N-dealkylation sites (tertiary alicyclic amines) is 1. The van der Waals surface area contributed by atoms with Gasteiger partial charge in [-0.3, -0.25) is 19.4 Å². The molecule has 36 heavy (non-hydrogen) atoms. The summed E-state index contributed by atoms with van der Waals surface area (Å²) >= 11 is 0. The lowest BCUT2D eigenvalue weighted by Crippen LogP contribution is -2.47. The summed E-state index contributed by atoms with van der Waals surface area (Å²) in [5.74, 6) is 0.166. The molecule has 2 saturated heterocycles. The summed E-state index contributed by atoms with van der Waals surface area (Å²) in [6.07, 6.45) is 4.33. The van der Waals surface area contributed by atoms with Gasteiger partial charge in [-0.1, -0.05) is 30.3 Å². The molecule has 2 fully saturated rings. The summed E-state index contributed by atoms with van der Waals surface area (Å²) in [5.41, 5.74) is 2.04. The number of nitrogens with zero attached hydrogens (tertiary/aromatic N) is 7. The topological polar surface area (TPSA) is 110 Å². The molecule has 1 N–H and O–H groups in total. The first-order chi connectivity index (χ1) is 17.5. The van der Waals surface area contributed by atoms with E-state index < -0.39 is 11.9 Å². The highest BCUT2D eigenvalue weighted by molar-refractivity contribution is 6.00. The molecule has 2 unspecified atom stereocenters. The molecule has 2 bridgehead atoms. The van der Waals surface area contributed by atoms with Crippen LogP contribution < -0.4 is 10.2 Å². The second-order valence-electron chi connectivity index (χ2n) is 9.77. The largest absolute Gasteiger partial charge is 0.375 e. The first-order valence-electron chi connectivity index (χ1n) is 12.5. The summed E-state index contributed by atoms with van der Waals surface area (Å²) in [6.45, 7) is 3.83. The number of aromatic nitrogens is 5. The Labute approximate surface area is 209 Å². The molecule has 3 aliphatic rings. The van der Waals surface area contributed by atoms with Gasteiger partial charge in [0.15, 0.2) is 0 Å². The van der Waals surface area contributed by atoms with Crippen molar-refractivity contribution >= 4 is 17.6 Å². The van der Waals surface area contributed by atoms with E-state index in [1.54, 1.807) is 16.6 Å². The number of likely N-dealkylation sites (N-methyl/N-ethyl adjacent to an activating group) is 1. The van der Waals surface area contributed by atoms with Crippen molar-refractivity contribution in [2.45, 2.75) is 50.5 Å². The van der Waals surface area contributed by atoms with Crippen LogP contribution in [0, 0.1) is 0 Å². The molecule has 3 aromatic rings. The summed E-state index contributed by atoms with van der Waals surface area (Å²) < 4.78 is 9.17. The molecule has 188 valence electrons. The Bertz CT molecular complexity index is 1260. The maximum absolute atomic E-state index is 13.2. The van der Waals surface area contributed by atoms with Gasteiger partial charge in [0.05, 0.1) is 24.9 Å². The van der Waals surface area contributed by atoms with Crippen molar-refractivity contribution < 1.29 is 14.3 Å². The maximum atomic E-state index is 13.2. The number of aryl methyl sites for hydroxylation is 1. The first-order valence-corrected chi connectivity index (χ1v) is 12.5. The van der Waals surface area contributed by atoms with Gasteiger partial charge >= 0.3 is 0 Å². The second-order valence-corrected chi connectivity index (χ2v) is 9.77. The number of hydrogen-bond donors (Lipinski definition) is 1. The fourth-order valence-corrected chi connectivity index (χ4v) is 5.35. The Balaban J connectivity index is 1.06. The number of ether oxygens (including phenoxy) is 1. The van der Waals surface area contributed by atoms with Crippen molar-refractivity contribution in [2.75, 3.05) is 31.6 Å². The van der Waals surface area contributed by atoms with Crippen LogP contribution in [0.1, 0.15) is 34.7 Å². The minimum absolute atomic E-state index is 0.0478. The minimum atomic E-state index is -0.672. The summed E-state index contributed by atoms with van der Waals surface area (Å²) in [4.78, 5) is 34.2. The van der Waals surface area contributed by atoms with Gasteiger partial charge in [0.25, 0.3) is 11.8 Å². The van der Waals surface area contributed by atoms with E-state index in [-0.39, 0.29) is 11.7 Å². The molecule has 11 heteroatoms. The zero-order valence-electron chi connectivity index (χ0n) is 20.3. The SMILES string of the molecule is CN1C(=O)[C@H](NC(=O)c2ncn(Cc3ccccc3)n2)CCn2nc(CCN3CC4CC3CO4)cc21. The minimum Gasteiger partial charge on any atom is -0.375 e. The van der Waals surface area contributed by atoms with Gasteiger partial charge in [-0.25, -0.2) is 14.3 Å². The number of rotatable bonds is 7. The monoisotopic (exact) mass is 490 g/mol. The van der Waals surface area contributed by atoms with Crippen LogP contribution >= 0.6 is 0 Å². The van der Waals surface area contributed by atoms with Crippen molar-refractivity contribution in [3.63, 3.8) is 0 Å². The third kappa shape index (κ3) is 4.51. The molecule has 5 heterocycles. The van der Waals surface area contributed by atoms with E-state index >= 15 is 0 Å². The maximum Gasteiger partial charge on any atom is 0.291 e. The number of carbonyl (C=O) groups excluding carboxylic acids is 2. The van der Waals surface area contributed by atoms with Crippen LogP contribution in [0.3, 0.4) is 0 Å². The smallest absolute Gasteiger partial charge is 0.291 e. The van der Waals surface area contributed by atoms with E-state index in [1.807, 2.05) is 41.1 Å². The van der Waals surface area contributed by atoms with Crippen LogP contribution in [0.25, 0.3) is 0 Å². The number of anilines is 1. The molecule has 11 nitrogen and oxygen atoms in total. The number of hydrogen-bond acceptors (Lipinski definition) is 7. The molecular formula is C25H30N8O3. The van der Waals surface area contributed by atoms with Crippen molar-refractivity contribution in [1.82, 2.24) is 34.8 Å². The highest BCUT2D eigenvalue weighted by Gasteiger charge is 2.38. The van der Waals surface area contributed by atoms with E-state index in [1.165, 1.54) is 6.33 Å². The second kappa shape index (κ2) is 9.47. The predicted octanol–water partition coefficient (Wildman–Crippen LogP) is 0.704. The highest BCUT2D eigenvalue weighted by Crippen LogP contribution is 2.28. The van der Waals surface area contributed by atoms with Crippen molar-refractivity contribution in [2.24, 2.45) is 0 Å². The molecule has 3 atom stereocenters. The van der Waals surface area contributed by atoms with Crippen molar-refractivity contribution in [3.05, 3.63) is 59.8 Å². The number of nitrogens with one attached hydrogen (secondary N) is 1. The lowest BCUT2D eigenvalue weighted by Gasteiger charge is -2.26. The first kappa shape index (κ1) is 22.9. The highest BCUT2D eigenvalue weighted by atomic mass is 16.5. The lowest BCUT2D eigenvalue weighted by atomic mass is 10.2. The van der Waals surface area contributed by atoms with E-state index in [0.29, 0.717) is 31.7 Å². The van der Waals surface area contributed by atoms with E-state index in [2.05, 4.69) is 20.3 Å². The Morgan fingerprint density at radius 1 is 1.22 bits per heavy atom. The standard InChI is InChI=1S/C25H30N8O3/c1-30-22-11-18(7-9-31-14-20-12-19(31)15-36-20)28-33(22)10-8-21(25(30)35)27-24(34)23-26-16-32(29-23)13-17-5-3-2-4-6-17/h2-6,11,16,19-21H,7-10,12-15H2,1H3,(H,27,34)/t19?,20?,21-/m1/s1. The third-order valence-corrected chi connectivity index (χ3v) is 7.31. The van der Waals surface area contributed by atoms with Gasteiger partial charge < -0.3 is 10.1 Å². The summed E-state index contributed by atoms with van der Waals surface area (Å²) in [7, 11) is 1.73. The van der Waals surface area contributed by atoms with E-state index in [0.717, 1.165) is 49.6 Å². The number of morpholine rings is 1. The molecule has 1 aromatic carbocycles. The molecular weight excluding hydrogens is 460 g/mol. The number of amides is 2. The van der Waals surface area contributed by atoms with Crippen LogP contribution in [0.5, 0.6) is 0 Å². The summed E-state index contributed by atoms with van der Waals surface area (Å²) in [5, 5.41) is 11.9. The third-order valence-electron chi connectivity index (χ3n) is 7.31. The Morgan fingerprint density at radius 2 is 2.08 bits per heavy atom. The van der Waals surface area contributed by atoms with E-state index in [4.69, 9.17) is 9.84 Å². The van der Waals surface area contributed by atoms with Crippen molar-refractivity contribution in [3.8, 4) is 0 Å². The molecule has 0 spiro atoms. The summed E-state index contributed by atoms with van der Waals surface area (Å²) in [6, 6.07) is 11.7. The van der Waals surface area contributed by atoms with Gasteiger partial charge in [-0.15, -0.1) is 5.10 Å². The molecule has 0 aliphatic carbocycles. The Morgan fingerprint density at radius 3 is 2.86 bits per heavy atom. The van der Waals surface area contributed by atoms with Crippen molar-refractivity contribution in [1.29, 1.82) is 0 Å². The Kier molecular flexibility index (Phi) is 6.02. The van der Waals surface area contributed by atoms with Crippen LogP contribution in [0.2, 0.25) is 0 Å². The zero-order chi connectivity index (χ0) is 24.6. The lowest BCUT2D eigenvalue weighted by molar-refractivity contribution is -0.120. The quantitative estimate of drug-likeness (QED) is 0.519. The molecule has 6 rings (SSSR count). The Hall–Kier alpha value is -3.57. The fraction of sp³-hybridized carbons (Fsp3) is 0.480. The molecule has 2 aromatic heterocycles. The number of benzene rings is 1. The average Bonchev–Trinajstić information content (AvgIpc) is 3.68. The van der Waals surface area contributed by atoms with Gasteiger partial charge in [0, 0.05) is 45.2 Å². The van der Waals surface area contributed by atoms with Gasteiger partial charge in [0.2, 0.25) is 5.82 Å². The van der Waals surface area contributed by atoms with Crippen LogP contribution in [0.15, 0.2) is 42.7 Å². The fourth-order valence-electron chi connectivity index (χ4n) is 5.35. The molecule has 2 amide bonds. The van der Waals surface area contributed by atoms with Crippen LogP contribution in [0.4, 0.5) is 5.82 Å². The predicted molar refractivity (Wildman–Crippen MR) is 130 cm³/mol. The van der Waals surface area contributed by atoms with Crippen LogP contribution in [-0.2, 0) is 29.0 Å². The van der Waals surface area contributed by atoms with Gasteiger partial charge in [-0.2, -0.15) is 5.10 Å². The van der Waals surface area contributed by atoms with Crippen LogP contribution in [-0.4, -0.2) is 86.2 Å². The normalized spacial score (nSPS) is 23.6. The molecule has 3 aliphatic heterocycles. The molecule has 0 saturated carbocycles. The van der Waals surface area contributed by atoms with Gasteiger partial charge in [-0.05, 0) is 18.4 Å². The number of carbonyl (C=O) groups is 2. The number of fused-ring (bicyclic) bond motifs is 3.